The van der Waals surface area contributed by atoms with Gasteiger partial charge in [0.1, 0.15) is 11.6 Å². The molecule has 3 rings (SSSR count). The fourth-order valence-electron chi connectivity index (χ4n) is 3.21. The average molecular weight is 399 g/mol. The highest BCUT2D eigenvalue weighted by Crippen LogP contribution is 2.32. The third-order valence-corrected chi connectivity index (χ3v) is 4.67. The lowest BCUT2D eigenvalue weighted by Crippen LogP contribution is -2.38. The third-order valence-electron chi connectivity index (χ3n) is 4.67. The Morgan fingerprint density at radius 2 is 1.90 bits per heavy atom. The molecule has 0 aromatic heterocycles. The number of halogens is 1. The van der Waals surface area contributed by atoms with Crippen molar-refractivity contribution in [3.8, 4) is 5.75 Å². The van der Waals surface area contributed by atoms with Gasteiger partial charge in [0, 0.05) is 31.6 Å². The maximum absolute atomic E-state index is 13.2. The van der Waals surface area contributed by atoms with Gasteiger partial charge in [-0.2, -0.15) is 0 Å². The number of rotatable bonds is 7. The van der Waals surface area contributed by atoms with Crippen LogP contribution in [0.3, 0.4) is 0 Å². The monoisotopic (exact) mass is 399 g/mol. The molecule has 0 radical (unpaired) electrons. The number of amides is 3. The van der Waals surface area contributed by atoms with E-state index in [9.17, 15) is 18.8 Å². The van der Waals surface area contributed by atoms with E-state index < -0.39 is 17.6 Å². The van der Waals surface area contributed by atoms with E-state index in [0.29, 0.717) is 11.4 Å². The fourth-order valence-corrected chi connectivity index (χ4v) is 3.21. The van der Waals surface area contributed by atoms with Crippen molar-refractivity contribution in [3.05, 3.63) is 59.9 Å². The standard InChI is InChI=1S/C21H22FN3O4/c1-29-18-8-3-2-7-17(18)25-13-15(12-19(25)26)21(28)24-10-9-23-20(27)14-5-4-6-16(22)11-14/h2-8,11,15H,9-10,12-13H2,1H3,(H,23,27)(H,24,28)/t15-/m1/s1. The maximum atomic E-state index is 13.2. The van der Waals surface area contributed by atoms with E-state index in [4.69, 9.17) is 4.74 Å². The number of carbonyl (C=O) groups is 3. The van der Waals surface area contributed by atoms with Crippen molar-refractivity contribution >= 4 is 23.4 Å². The van der Waals surface area contributed by atoms with Crippen molar-refractivity contribution < 1.29 is 23.5 Å². The van der Waals surface area contributed by atoms with E-state index in [-0.39, 0.29) is 43.4 Å². The summed E-state index contributed by atoms with van der Waals surface area (Å²) in [6.07, 6.45) is 0.111. The van der Waals surface area contributed by atoms with Gasteiger partial charge >= 0.3 is 0 Å². The van der Waals surface area contributed by atoms with Crippen LogP contribution < -0.4 is 20.3 Å². The fraction of sp³-hybridized carbons (Fsp3) is 0.286. The minimum atomic E-state index is -0.489. The number of hydrogen-bond acceptors (Lipinski definition) is 4. The average Bonchev–Trinajstić information content (AvgIpc) is 3.12. The predicted octanol–water partition coefficient (Wildman–Crippen LogP) is 1.73. The summed E-state index contributed by atoms with van der Waals surface area (Å²) < 4.78 is 18.4. The van der Waals surface area contributed by atoms with Gasteiger partial charge in [0.05, 0.1) is 18.7 Å². The van der Waals surface area contributed by atoms with Crippen LogP contribution in [0.1, 0.15) is 16.8 Å². The van der Waals surface area contributed by atoms with Crippen LogP contribution in [0, 0.1) is 11.7 Å². The second-order valence-electron chi connectivity index (χ2n) is 6.63. The molecule has 3 amide bonds. The molecule has 0 saturated carbocycles. The van der Waals surface area contributed by atoms with Crippen LogP contribution in [0.15, 0.2) is 48.5 Å². The minimum absolute atomic E-state index is 0.111. The largest absolute Gasteiger partial charge is 0.495 e. The van der Waals surface area contributed by atoms with Crippen LogP contribution in [0.5, 0.6) is 5.75 Å². The molecule has 29 heavy (non-hydrogen) atoms. The Morgan fingerprint density at radius 1 is 1.14 bits per heavy atom. The van der Waals surface area contributed by atoms with E-state index in [1.807, 2.05) is 6.07 Å². The minimum Gasteiger partial charge on any atom is -0.495 e. The molecule has 1 fully saturated rings. The summed E-state index contributed by atoms with van der Waals surface area (Å²) in [5.41, 5.74) is 0.850. The number of carbonyl (C=O) groups excluding carboxylic acids is 3. The van der Waals surface area contributed by atoms with Crippen LogP contribution in [-0.4, -0.2) is 44.5 Å². The number of ether oxygens (including phenoxy) is 1. The molecular weight excluding hydrogens is 377 g/mol. The van der Waals surface area contributed by atoms with Crippen molar-refractivity contribution in [3.63, 3.8) is 0 Å². The molecule has 0 bridgehead atoms. The summed E-state index contributed by atoms with van der Waals surface area (Å²) in [5.74, 6) is -1.22. The first-order valence-electron chi connectivity index (χ1n) is 9.24. The van der Waals surface area contributed by atoms with Gasteiger partial charge in [0.25, 0.3) is 5.91 Å². The van der Waals surface area contributed by atoms with E-state index in [1.54, 1.807) is 23.1 Å². The summed E-state index contributed by atoms with van der Waals surface area (Å²) in [6.45, 7) is 0.665. The van der Waals surface area contributed by atoms with Gasteiger partial charge in [0.2, 0.25) is 11.8 Å². The summed E-state index contributed by atoms with van der Waals surface area (Å²) in [6, 6.07) is 12.5. The lowest BCUT2D eigenvalue weighted by atomic mass is 10.1. The SMILES string of the molecule is COc1ccccc1N1C[C@H](C(=O)NCCNC(=O)c2cccc(F)c2)CC1=O. The second-order valence-corrected chi connectivity index (χ2v) is 6.63. The summed E-state index contributed by atoms with van der Waals surface area (Å²) in [4.78, 5) is 38.3. The molecule has 0 unspecified atom stereocenters. The summed E-state index contributed by atoms with van der Waals surface area (Å²) in [5, 5.41) is 5.34. The van der Waals surface area contributed by atoms with E-state index in [0.717, 1.165) is 6.07 Å². The number of methoxy groups -OCH3 is 1. The lowest BCUT2D eigenvalue weighted by Gasteiger charge is -2.19. The molecule has 0 aliphatic carbocycles. The van der Waals surface area contributed by atoms with E-state index in [2.05, 4.69) is 10.6 Å². The Morgan fingerprint density at radius 3 is 2.66 bits per heavy atom. The van der Waals surface area contributed by atoms with Crippen LogP contribution in [0.2, 0.25) is 0 Å². The van der Waals surface area contributed by atoms with Crippen molar-refractivity contribution in [1.82, 2.24) is 10.6 Å². The Hall–Kier alpha value is -3.42. The van der Waals surface area contributed by atoms with Crippen molar-refractivity contribution in [1.29, 1.82) is 0 Å². The Balaban J connectivity index is 1.48. The van der Waals surface area contributed by atoms with Crippen LogP contribution in [-0.2, 0) is 9.59 Å². The normalized spacial score (nSPS) is 15.9. The molecule has 7 nitrogen and oxygen atoms in total. The van der Waals surface area contributed by atoms with Gasteiger partial charge in [-0.15, -0.1) is 0 Å². The quantitative estimate of drug-likeness (QED) is 0.695. The topological polar surface area (TPSA) is 87.7 Å². The number of nitrogens with zero attached hydrogens (tertiary/aromatic N) is 1. The highest BCUT2D eigenvalue weighted by molar-refractivity contribution is 6.01. The maximum Gasteiger partial charge on any atom is 0.251 e. The van der Waals surface area contributed by atoms with Crippen molar-refractivity contribution in [2.75, 3.05) is 31.6 Å². The van der Waals surface area contributed by atoms with Crippen molar-refractivity contribution in [2.24, 2.45) is 5.92 Å². The van der Waals surface area contributed by atoms with Gasteiger partial charge in [-0.3, -0.25) is 14.4 Å². The van der Waals surface area contributed by atoms with E-state index >= 15 is 0 Å². The molecule has 0 spiro atoms. The predicted molar refractivity (Wildman–Crippen MR) is 105 cm³/mol. The van der Waals surface area contributed by atoms with Gasteiger partial charge in [0.15, 0.2) is 0 Å². The molecule has 2 aromatic carbocycles. The molecule has 1 atom stereocenters. The zero-order valence-corrected chi connectivity index (χ0v) is 16.0. The Kier molecular flexibility index (Phi) is 6.43. The first-order valence-corrected chi connectivity index (χ1v) is 9.24. The molecule has 2 aromatic rings. The molecule has 1 saturated heterocycles. The van der Waals surface area contributed by atoms with E-state index in [1.165, 1.54) is 25.3 Å². The molecule has 1 heterocycles. The number of hydrogen-bond donors (Lipinski definition) is 2. The van der Waals surface area contributed by atoms with Crippen LogP contribution >= 0.6 is 0 Å². The van der Waals surface area contributed by atoms with Gasteiger partial charge < -0.3 is 20.3 Å². The second kappa shape index (κ2) is 9.18. The molecule has 2 N–H and O–H groups in total. The van der Waals surface area contributed by atoms with Crippen LogP contribution in [0.25, 0.3) is 0 Å². The smallest absolute Gasteiger partial charge is 0.251 e. The number of benzene rings is 2. The van der Waals surface area contributed by atoms with Gasteiger partial charge in [-0.1, -0.05) is 18.2 Å². The third kappa shape index (κ3) is 4.90. The molecular formula is C21H22FN3O4. The molecule has 152 valence electrons. The first-order chi connectivity index (χ1) is 14.0. The Bertz CT molecular complexity index is 918. The van der Waals surface area contributed by atoms with Crippen LogP contribution in [0.4, 0.5) is 10.1 Å². The Labute approximate surface area is 167 Å². The summed E-state index contributed by atoms with van der Waals surface area (Å²) >= 11 is 0. The highest BCUT2D eigenvalue weighted by Gasteiger charge is 2.36. The zero-order valence-electron chi connectivity index (χ0n) is 16.0. The number of nitrogens with one attached hydrogen (secondary N) is 2. The van der Waals surface area contributed by atoms with Gasteiger partial charge in [-0.25, -0.2) is 4.39 Å². The number of anilines is 1. The van der Waals surface area contributed by atoms with Crippen molar-refractivity contribution in [2.45, 2.75) is 6.42 Å². The molecule has 1 aliphatic rings. The molecule has 1 aliphatic heterocycles. The first kappa shape index (κ1) is 20.3. The summed E-state index contributed by atoms with van der Waals surface area (Å²) in [7, 11) is 1.53. The highest BCUT2D eigenvalue weighted by atomic mass is 19.1. The zero-order chi connectivity index (χ0) is 20.8. The molecule has 8 heteroatoms. The lowest BCUT2D eigenvalue weighted by molar-refractivity contribution is -0.126. The number of para-hydroxylation sites is 2. The van der Waals surface area contributed by atoms with Gasteiger partial charge in [-0.05, 0) is 30.3 Å².